The van der Waals surface area contributed by atoms with Crippen molar-refractivity contribution < 1.29 is 13.5 Å². The SMILES string of the molecule is Cc1ccc(S(=O)(=O)N(CCO)Cc2cc3cc(C)cc(C)c3[nH]c2=O)cc1. The summed E-state index contributed by atoms with van der Waals surface area (Å²) >= 11 is 0. The Morgan fingerprint density at radius 1 is 1.00 bits per heavy atom. The van der Waals surface area contributed by atoms with Crippen LogP contribution in [0.4, 0.5) is 0 Å². The van der Waals surface area contributed by atoms with Crippen molar-refractivity contribution in [3.63, 3.8) is 0 Å². The summed E-state index contributed by atoms with van der Waals surface area (Å²) in [6.07, 6.45) is 0. The van der Waals surface area contributed by atoms with Crippen molar-refractivity contribution in [1.82, 2.24) is 9.29 Å². The third kappa shape index (κ3) is 4.01. The average Bonchev–Trinajstić information content (AvgIpc) is 2.63. The average molecular weight is 401 g/mol. The van der Waals surface area contributed by atoms with Crippen LogP contribution in [0.15, 0.2) is 52.2 Å². The lowest BCUT2D eigenvalue weighted by molar-refractivity contribution is 0.251. The third-order valence-electron chi connectivity index (χ3n) is 4.73. The number of aromatic nitrogens is 1. The number of aryl methyl sites for hydroxylation is 3. The Balaban J connectivity index is 2.04. The molecule has 0 aliphatic carbocycles. The zero-order chi connectivity index (χ0) is 20.5. The first-order valence-electron chi connectivity index (χ1n) is 9.03. The van der Waals surface area contributed by atoms with E-state index in [4.69, 9.17) is 0 Å². The van der Waals surface area contributed by atoms with Crippen LogP contribution in [0.3, 0.4) is 0 Å². The van der Waals surface area contributed by atoms with Crippen molar-refractivity contribution >= 4 is 20.9 Å². The monoisotopic (exact) mass is 400 g/mol. The van der Waals surface area contributed by atoms with Crippen molar-refractivity contribution in [1.29, 1.82) is 0 Å². The van der Waals surface area contributed by atoms with Gasteiger partial charge in [0.05, 0.1) is 17.0 Å². The maximum absolute atomic E-state index is 13.0. The van der Waals surface area contributed by atoms with Crippen LogP contribution in [0.25, 0.3) is 10.9 Å². The predicted molar refractivity (Wildman–Crippen MR) is 110 cm³/mol. The van der Waals surface area contributed by atoms with Gasteiger partial charge in [-0.3, -0.25) is 4.79 Å². The first-order chi connectivity index (χ1) is 13.2. The quantitative estimate of drug-likeness (QED) is 0.666. The van der Waals surface area contributed by atoms with Gasteiger partial charge in [0.1, 0.15) is 0 Å². The zero-order valence-electron chi connectivity index (χ0n) is 16.2. The van der Waals surface area contributed by atoms with E-state index in [0.717, 1.165) is 31.9 Å². The van der Waals surface area contributed by atoms with E-state index < -0.39 is 10.0 Å². The second-order valence-electron chi connectivity index (χ2n) is 7.04. The molecule has 1 heterocycles. The Labute approximate surface area is 164 Å². The van der Waals surface area contributed by atoms with Gasteiger partial charge in [-0.05, 0) is 56.0 Å². The number of aromatic amines is 1. The van der Waals surface area contributed by atoms with Crippen LogP contribution >= 0.6 is 0 Å². The van der Waals surface area contributed by atoms with E-state index >= 15 is 0 Å². The lowest BCUT2D eigenvalue weighted by Crippen LogP contribution is -2.35. The number of rotatable bonds is 6. The second-order valence-corrected chi connectivity index (χ2v) is 8.98. The molecule has 0 radical (unpaired) electrons. The number of nitrogens with zero attached hydrogens (tertiary/aromatic N) is 1. The van der Waals surface area contributed by atoms with E-state index in [1.165, 1.54) is 12.1 Å². The van der Waals surface area contributed by atoms with Gasteiger partial charge < -0.3 is 10.1 Å². The van der Waals surface area contributed by atoms with Crippen molar-refractivity contribution in [3.8, 4) is 0 Å². The van der Waals surface area contributed by atoms with E-state index in [1.807, 2.05) is 32.9 Å². The van der Waals surface area contributed by atoms with Crippen molar-refractivity contribution in [2.45, 2.75) is 32.2 Å². The first-order valence-corrected chi connectivity index (χ1v) is 10.5. The molecule has 0 fully saturated rings. The standard InChI is InChI=1S/C21H24N2O4S/c1-14-4-6-19(7-5-14)28(26,27)23(8-9-24)13-18-12-17-11-15(2)10-16(3)20(17)22-21(18)25/h4-7,10-12,24H,8-9,13H2,1-3H3,(H,22,25). The molecule has 3 aromatic rings. The van der Waals surface area contributed by atoms with Crippen molar-refractivity contribution in [2.24, 2.45) is 0 Å². The van der Waals surface area contributed by atoms with Gasteiger partial charge in [0.25, 0.3) is 5.56 Å². The fourth-order valence-electron chi connectivity index (χ4n) is 3.29. The minimum absolute atomic E-state index is 0.0967. The molecule has 148 valence electrons. The lowest BCUT2D eigenvalue weighted by Gasteiger charge is -2.21. The Kier molecular flexibility index (Phi) is 5.69. The van der Waals surface area contributed by atoms with Gasteiger partial charge in [0.15, 0.2) is 0 Å². The normalized spacial score (nSPS) is 12.0. The van der Waals surface area contributed by atoms with Gasteiger partial charge in [0, 0.05) is 18.7 Å². The maximum atomic E-state index is 13.0. The summed E-state index contributed by atoms with van der Waals surface area (Å²) in [7, 11) is -3.84. The summed E-state index contributed by atoms with van der Waals surface area (Å²) in [6, 6.07) is 12.2. The number of sulfonamides is 1. The number of hydrogen-bond acceptors (Lipinski definition) is 4. The van der Waals surface area contributed by atoms with Crippen LogP contribution in [0.2, 0.25) is 0 Å². The Hall–Kier alpha value is -2.48. The number of benzene rings is 2. The third-order valence-corrected chi connectivity index (χ3v) is 6.58. The highest BCUT2D eigenvalue weighted by Gasteiger charge is 2.25. The molecule has 2 aromatic carbocycles. The molecule has 0 amide bonds. The second kappa shape index (κ2) is 7.87. The van der Waals surface area contributed by atoms with Crippen LogP contribution in [-0.4, -0.2) is 36.0 Å². The fraction of sp³-hybridized carbons (Fsp3) is 0.286. The highest BCUT2D eigenvalue weighted by atomic mass is 32.2. The van der Waals surface area contributed by atoms with Gasteiger partial charge >= 0.3 is 0 Å². The summed E-state index contributed by atoms with van der Waals surface area (Å²) in [5.74, 6) is 0. The van der Waals surface area contributed by atoms with Gasteiger partial charge in [-0.25, -0.2) is 8.42 Å². The molecule has 0 aliphatic heterocycles. The molecule has 0 aliphatic rings. The molecule has 28 heavy (non-hydrogen) atoms. The molecule has 0 bridgehead atoms. The number of aliphatic hydroxyl groups is 1. The number of aliphatic hydroxyl groups excluding tert-OH is 1. The van der Waals surface area contributed by atoms with E-state index in [2.05, 4.69) is 4.98 Å². The minimum Gasteiger partial charge on any atom is -0.395 e. The van der Waals surface area contributed by atoms with E-state index in [1.54, 1.807) is 18.2 Å². The highest BCUT2D eigenvalue weighted by molar-refractivity contribution is 7.89. The molecule has 0 atom stereocenters. The van der Waals surface area contributed by atoms with Crippen LogP contribution in [0, 0.1) is 20.8 Å². The topological polar surface area (TPSA) is 90.5 Å². The number of pyridine rings is 1. The van der Waals surface area contributed by atoms with Gasteiger partial charge in [0.2, 0.25) is 10.0 Å². The summed E-state index contributed by atoms with van der Waals surface area (Å²) in [5.41, 5.74) is 3.71. The first kappa shape index (κ1) is 20.3. The number of fused-ring (bicyclic) bond motifs is 1. The summed E-state index contributed by atoms with van der Waals surface area (Å²) in [6.45, 7) is 5.22. The van der Waals surface area contributed by atoms with Crippen molar-refractivity contribution in [2.75, 3.05) is 13.2 Å². The zero-order valence-corrected chi connectivity index (χ0v) is 17.0. The van der Waals surface area contributed by atoms with Crippen LogP contribution in [0.1, 0.15) is 22.3 Å². The Morgan fingerprint density at radius 3 is 2.32 bits per heavy atom. The molecular weight excluding hydrogens is 376 g/mol. The van der Waals surface area contributed by atoms with Crippen molar-refractivity contribution in [3.05, 3.63) is 75.1 Å². The maximum Gasteiger partial charge on any atom is 0.252 e. The largest absolute Gasteiger partial charge is 0.395 e. The molecular formula is C21H24N2O4S. The summed E-state index contributed by atoms with van der Waals surface area (Å²) < 4.78 is 27.2. The molecule has 6 nitrogen and oxygen atoms in total. The minimum atomic E-state index is -3.84. The Bertz CT molecular complexity index is 1170. The molecule has 2 N–H and O–H groups in total. The van der Waals surface area contributed by atoms with Crippen LogP contribution < -0.4 is 5.56 Å². The number of H-pyrrole nitrogens is 1. The fourth-order valence-corrected chi connectivity index (χ4v) is 4.70. The molecule has 0 saturated heterocycles. The lowest BCUT2D eigenvalue weighted by atomic mass is 10.1. The molecule has 0 saturated carbocycles. The van der Waals surface area contributed by atoms with Crippen LogP contribution in [0.5, 0.6) is 0 Å². The van der Waals surface area contributed by atoms with E-state index in [-0.39, 0.29) is 30.2 Å². The van der Waals surface area contributed by atoms with Gasteiger partial charge in [-0.15, -0.1) is 0 Å². The van der Waals surface area contributed by atoms with E-state index in [0.29, 0.717) is 5.56 Å². The van der Waals surface area contributed by atoms with Gasteiger partial charge in [-0.2, -0.15) is 4.31 Å². The smallest absolute Gasteiger partial charge is 0.252 e. The predicted octanol–water partition coefficient (Wildman–Crippen LogP) is 2.64. The van der Waals surface area contributed by atoms with Gasteiger partial charge in [-0.1, -0.05) is 29.3 Å². The molecule has 7 heteroatoms. The molecule has 0 spiro atoms. The highest BCUT2D eigenvalue weighted by Crippen LogP contribution is 2.21. The molecule has 3 rings (SSSR count). The number of nitrogens with one attached hydrogen (secondary N) is 1. The number of hydrogen-bond donors (Lipinski definition) is 2. The summed E-state index contributed by atoms with van der Waals surface area (Å²) in [4.78, 5) is 15.6. The van der Waals surface area contributed by atoms with E-state index in [9.17, 15) is 18.3 Å². The summed E-state index contributed by atoms with van der Waals surface area (Å²) in [5, 5.41) is 10.2. The Morgan fingerprint density at radius 2 is 1.68 bits per heavy atom. The molecule has 0 unspecified atom stereocenters. The molecule has 1 aromatic heterocycles. The van der Waals surface area contributed by atoms with Crippen LogP contribution in [-0.2, 0) is 16.6 Å².